The molecule has 0 aromatic carbocycles. The second-order valence-corrected chi connectivity index (χ2v) is 2.89. The first kappa shape index (κ1) is 101. The minimum absolute atomic E-state index is 0. The zero-order chi connectivity index (χ0) is 24.7. The predicted molar refractivity (Wildman–Crippen MR) is 121 cm³/mol. The summed E-state index contributed by atoms with van der Waals surface area (Å²) in [6, 6.07) is 0. The summed E-state index contributed by atoms with van der Waals surface area (Å²) in [6.45, 7) is -7.22. The van der Waals surface area contributed by atoms with Crippen LogP contribution < -0.4 is 0 Å². The van der Waals surface area contributed by atoms with Gasteiger partial charge in [0.15, 0.2) is 6.67 Å². The van der Waals surface area contributed by atoms with Crippen molar-refractivity contribution in [3.05, 3.63) is 0 Å². The van der Waals surface area contributed by atoms with E-state index in [1.165, 1.54) is 6.92 Å². The molecule has 0 saturated heterocycles. The van der Waals surface area contributed by atoms with Crippen LogP contribution in [0.3, 0.4) is 0 Å². The highest BCUT2D eigenvalue weighted by Gasteiger charge is 2.26. The lowest BCUT2D eigenvalue weighted by molar-refractivity contribution is -0.167. The number of halogens is 14. The van der Waals surface area contributed by atoms with E-state index >= 15 is 0 Å². The Morgan fingerprint density at radius 3 is 0.694 bits per heavy atom. The summed E-state index contributed by atoms with van der Waals surface area (Å²) in [6.07, 6.45) is -4.62. The Labute approximate surface area is 209 Å². The first-order valence-corrected chi connectivity index (χ1v) is 6.66. The van der Waals surface area contributed by atoms with E-state index in [2.05, 4.69) is 9.88 Å². The Morgan fingerprint density at radius 1 is 0.639 bits per heavy atom. The third kappa shape index (κ3) is 2250. The molecule has 0 unspecified atom stereocenters. The van der Waals surface area contributed by atoms with Crippen molar-refractivity contribution in [2.45, 2.75) is 72.5 Å². The van der Waals surface area contributed by atoms with E-state index in [1.807, 2.05) is 0 Å². The van der Waals surface area contributed by atoms with E-state index in [-0.39, 0.29) is 66.1 Å². The molecule has 0 amide bonds. The van der Waals surface area contributed by atoms with E-state index in [4.69, 9.17) is 13.0 Å². The Kier molecular flexibility index (Phi) is 289. The number of rotatable bonds is 2. The van der Waals surface area contributed by atoms with Crippen LogP contribution in [0, 0.1) is 0 Å². The van der Waals surface area contributed by atoms with Crippen LogP contribution in [0.2, 0.25) is 0 Å². The third-order valence-electron chi connectivity index (χ3n) is 0.234. The Balaban J connectivity index is -0.0000000107. The van der Waals surface area contributed by atoms with E-state index in [1.54, 1.807) is 0 Å². The topological polar surface area (TPSA) is 72.8 Å². The summed E-state index contributed by atoms with van der Waals surface area (Å²) in [7, 11) is -5.17. The van der Waals surface area contributed by atoms with E-state index in [9.17, 15) is 61.2 Å². The molecule has 36 heavy (non-hydrogen) atoms. The average Bonchev–Trinajstić information content (AvgIpc) is 2.55. The van der Waals surface area contributed by atoms with Gasteiger partial charge in [-0.1, -0.05) is 63.3 Å². The lowest BCUT2D eigenvalue weighted by Crippen LogP contribution is -2.08. The van der Waals surface area contributed by atoms with Crippen LogP contribution in [0.5, 0.6) is 0 Å². The van der Waals surface area contributed by atoms with Gasteiger partial charge in [-0.3, -0.25) is 8.94 Å². The lowest BCUT2D eigenvalue weighted by atomic mass is 10.8. The molecule has 0 radical (unpaired) electrons. The summed E-state index contributed by atoms with van der Waals surface area (Å²) in [5, 5.41) is 0. The molecule has 20 heteroatoms. The fourth-order valence-corrected chi connectivity index (χ4v) is 0. The van der Waals surface area contributed by atoms with Crippen LogP contribution in [-0.2, 0) is 20.4 Å². The Hall–Kier alpha value is -1.15. The lowest BCUT2D eigenvalue weighted by Gasteiger charge is -1.93. The molecule has 0 aliphatic carbocycles. The third-order valence-corrected chi connectivity index (χ3v) is 0.234. The first-order chi connectivity index (χ1) is 12.6. The molecule has 0 saturated carbocycles. The normalized spacial score (nSPS) is 6.78. The largest absolute Gasteiger partial charge is 0.435 e. The molecule has 0 fully saturated rings. The van der Waals surface area contributed by atoms with E-state index in [0.29, 0.717) is 0 Å². The Morgan fingerprint density at radius 2 is 0.694 bits per heavy atom. The van der Waals surface area contributed by atoms with E-state index < -0.39 is 50.9 Å². The molecule has 0 heterocycles. The van der Waals surface area contributed by atoms with Crippen LogP contribution in [0.25, 0.3) is 0 Å². The molecule has 0 spiro atoms. The smallest absolute Gasteiger partial charge is 0.260 e. The number of hydrogen-bond donors (Lipinski definition) is 1. The summed E-state index contributed by atoms with van der Waals surface area (Å²) >= 11 is 0. The summed E-state index contributed by atoms with van der Waals surface area (Å²) in [5.41, 5.74) is 0. The molecule has 0 aromatic rings. The van der Waals surface area contributed by atoms with Gasteiger partial charge in [-0.05, 0) is 16.0 Å². The van der Waals surface area contributed by atoms with Gasteiger partial charge in [-0.15, -0.1) is 0 Å². The summed E-state index contributed by atoms with van der Waals surface area (Å²) in [4.78, 5) is 4.75. The Bertz CT molecular complexity index is 283. The monoisotopic (exact) mass is 618 g/mol. The van der Waals surface area contributed by atoms with E-state index in [0.717, 1.165) is 0 Å². The van der Waals surface area contributed by atoms with Crippen LogP contribution in [0.4, 0.5) is 61.2 Å². The quantitative estimate of drug-likeness (QED) is 0.189. The zero-order valence-corrected chi connectivity index (χ0v) is 14.3. The summed E-state index contributed by atoms with van der Waals surface area (Å²) in [5.74, 6) is 0. The number of hydrogen-bond acceptors (Lipinski definition) is 4. The standard InChI is InChI=1S/C2H2F4.C2H5F.2CH2F2O.2CH2F2.8CH4.FHO3S/c3-1-2(4,5)6;1-2-3;2*2-1-4-3;2*2-1-3;;;;;;;;;1-5(2,3)4/h1H2;2H2,1H3;2*1H2;2*1H2;8*1H4;(H,2,3,4). The minimum Gasteiger partial charge on any atom is -0.260 e. The van der Waals surface area contributed by atoms with Gasteiger partial charge in [0, 0.05) is 0 Å². The van der Waals surface area contributed by atoms with Crippen molar-refractivity contribution in [3.63, 3.8) is 0 Å². The first-order valence-electron chi connectivity index (χ1n) is 5.32. The van der Waals surface area contributed by atoms with Gasteiger partial charge in [0.2, 0.25) is 27.6 Å². The molecule has 5 nitrogen and oxygen atoms in total. The molecular weight excluding hydrogens is 570 g/mol. The second-order valence-electron chi connectivity index (χ2n) is 2.07. The van der Waals surface area contributed by atoms with Crippen molar-refractivity contribution >= 4 is 10.5 Å². The second kappa shape index (κ2) is 103. The highest BCUT2D eigenvalue weighted by Crippen LogP contribution is 2.13. The van der Waals surface area contributed by atoms with Gasteiger partial charge < -0.3 is 0 Å². The highest BCUT2D eigenvalue weighted by atomic mass is 32.3. The maximum absolute atomic E-state index is 10.4. The van der Waals surface area contributed by atoms with Gasteiger partial charge in [-0.25, -0.2) is 30.7 Å². The molecule has 0 atom stereocenters. The molecule has 246 valence electrons. The molecule has 0 bridgehead atoms. The van der Waals surface area contributed by atoms with Crippen molar-refractivity contribution in [2.24, 2.45) is 0 Å². The minimum atomic E-state index is -5.17. The van der Waals surface area contributed by atoms with Crippen molar-refractivity contribution < 1.29 is 84.1 Å². The average molecular weight is 619 g/mol. The van der Waals surface area contributed by atoms with Crippen LogP contribution >= 0.6 is 0 Å². The zero-order valence-electron chi connectivity index (χ0n) is 13.5. The molecule has 0 aliphatic heterocycles. The molecular formula is C16H48F14O5S. The van der Waals surface area contributed by atoms with Crippen LogP contribution in [0.15, 0.2) is 0 Å². The van der Waals surface area contributed by atoms with Crippen molar-refractivity contribution in [1.29, 1.82) is 0 Å². The van der Waals surface area contributed by atoms with Crippen molar-refractivity contribution in [2.75, 3.05) is 40.9 Å². The molecule has 0 aliphatic rings. The maximum Gasteiger partial charge on any atom is 0.435 e. The fraction of sp³-hybridized carbons (Fsp3) is 1.00. The van der Waals surface area contributed by atoms with Crippen LogP contribution in [-0.4, -0.2) is 60.1 Å². The molecule has 1 N–H and O–H groups in total. The van der Waals surface area contributed by atoms with Gasteiger partial charge in [-0.2, -0.15) is 31.5 Å². The van der Waals surface area contributed by atoms with Gasteiger partial charge in [0.25, 0.3) is 0 Å². The molecule has 0 rings (SSSR count). The van der Waals surface area contributed by atoms with Gasteiger partial charge in [0.1, 0.15) is 0 Å². The summed E-state index contributed by atoms with van der Waals surface area (Å²) < 4.78 is 164. The van der Waals surface area contributed by atoms with Gasteiger partial charge >= 0.3 is 16.7 Å². The van der Waals surface area contributed by atoms with Gasteiger partial charge in [0.05, 0.1) is 6.67 Å². The number of alkyl halides is 11. The maximum atomic E-state index is 10.4. The molecule has 0 aromatic heterocycles. The van der Waals surface area contributed by atoms with Crippen LogP contribution in [0.1, 0.15) is 66.3 Å². The van der Waals surface area contributed by atoms with Crippen molar-refractivity contribution in [1.82, 2.24) is 0 Å². The SMILES string of the molecule is C.C.C.C.C.C.C.C.CCF.FCC(F)(F)F.FCF.FCF.FCOF.FCOF.O=S(=O)(O)F. The predicted octanol–water partition coefficient (Wildman–Crippen LogP) is 10.7. The highest BCUT2D eigenvalue weighted by molar-refractivity contribution is 7.80. The van der Waals surface area contributed by atoms with Crippen molar-refractivity contribution in [3.8, 4) is 0 Å². The fourth-order valence-electron chi connectivity index (χ4n) is 0.